The molecule has 0 spiro atoms. The first-order valence-corrected chi connectivity index (χ1v) is 7.81. The molecule has 7 heteroatoms. The Morgan fingerprint density at radius 2 is 1.83 bits per heavy atom. The summed E-state index contributed by atoms with van der Waals surface area (Å²) < 4.78 is 10.1. The van der Waals surface area contributed by atoms with Crippen LogP contribution in [0.2, 0.25) is 0 Å². The lowest BCUT2D eigenvalue weighted by Crippen LogP contribution is -2.32. The largest absolute Gasteiger partial charge is 0.497 e. The van der Waals surface area contributed by atoms with E-state index in [0.717, 1.165) is 11.3 Å². The van der Waals surface area contributed by atoms with E-state index in [0.29, 0.717) is 10.8 Å². The highest BCUT2D eigenvalue weighted by atomic mass is 32.1. The van der Waals surface area contributed by atoms with E-state index < -0.39 is 17.5 Å². The summed E-state index contributed by atoms with van der Waals surface area (Å²) in [4.78, 5) is 27.7. The van der Waals surface area contributed by atoms with Crippen molar-refractivity contribution in [3.8, 4) is 17.0 Å². The fourth-order valence-corrected chi connectivity index (χ4v) is 2.41. The molecule has 2 aromatic rings. The van der Waals surface area contributed by atoms with E-state index in [9.17, 15) is 9.59 Å². The van der Waals surface area contributed by atoms with Crippen LogP contribution < -0.4 is 10.1 Å². The topological polar surface area (TPSA) is 77.5 Å². The number of methoxy groups -OCH3 is 1. The molecule has 1 aromatic heterocycles. The average Bonchev–Trinajstić information content (AvgIpc) is 2.94. The molecule has 0 unspecified atom stereocenters. The maximum Gasteiger partial charge on any atom is 0.397 e. The summed E-state index contributed by atoms with van der Waals surface area (Å²) in [5, 5.41) is 4.58. The van der Waals surface area contributed by atoms with Gasteiger partial charge in [-0.3, -0.25) is 10.1 Å². The number of carbonyl (C=O) groups is 2. The third-order valence-corrected chi connectivity index (χ3v) is 3.45. The average molecular weight is 334 g/mol. The molecule has 0 saturated heterocycles. The Morgan fingerprint density at radius 1 is 1.17 bits per heavy atom. The molecule has 0 bridgehead atoms. The minimum Gasteiger partial charge on any atom is -0.497 e. The monoisotopic (exact) mass is 334 g/mol. The standard InChI is InChI=1S/C16H18N2O4S/c1-16(2,3)22-14(20)13(19)18-15-17-12(9-23-15)10-5-7-11(21-4)8-6-10/h5-9H,1-4H3,(H,17,18,19). The molecule has 0 fully saturated rings. The molecule has 0 radical (unpaired) electrons. The van der Waals surface area contributed by atoms with E-state index in [1.54, 1.807) is 33.3 Å². The predicted octanol–water partition coefficient (Wildman–Crippen LogP) is 3.10. The number of thiazole rings is 1. The smallest absolute Gasteiger partial charge is 0.397 e. The van der Waals surface area contributed by atoms with Gasteiger partial charge < -0.3 is 9.47 Å². The van der Waals surface area contributed by atoms with Crippen molar-refractivity contribution in [1.29, 1.82) is 0 Å². The van der Waals surface area contributed by atoms with Crippen LogP contribution in [-0.4, -0.2) is 29.6 Å². The van der Waals surface area contributed by atoms with Crippen LogP contribution in [0.5, 0.6) is 5.75 Å². The molecule has 0 aliphatic heterocycles. The number of benzene rings is 1. The van der Waals surface area contributed by atoms with E-state index in [2.05, 4.69) is 10.3 Å². The SMILES string of the molecule is COc1ccc(-c2csc(NC(=O)C(=O)OC(C)(C)C)n2)cc1. The van der Waals surface area contributed by atoms with Gasteiger partial charge in [0.05, 0.1) is 12.8 Å². The lowest BCUT2D eigenvalue weighted by molar-refractivity contribution is -0.161. The normalized spacial score (nSPS) is 11.0. The van der Waals surface area contributed by atoms with Gasteiger partial charge in [-0.1, -0.05) is 0 Å². The van der Waals surface area contributed by atoms with Crippen molar-refractivity contribution in [2.75, 3.05) is 12.4 Å². The highest BCUT2D eigenvalue weighted by Gasteiger charge is 2.23. The fraction of sp³-hybridized carbons (Fsp3) is 0.312. The predicted molar refractivity (Wildman–Crippen MR) is 88.6 cm³/mol. The van der Waals surface area contributed by atoms with Crippen LogP contribution in [0.15, 0.2) is 29.6 Å². The number of ether oxygens (including phenoxy) is 2. The third kappa shape index (κ3) is 4.79. The van der Waals surface area contributed by atoms with Crippen LogP contribution in [0.4, 0.5) is 5.13 Å². The molecule has 23 heavy (non-hydrogen) atoms. The summed E-state index contributed by atoms with van der Waals surface area (Å²) >= 11 is 1.24. The van der Waals surface area contributed by atoms with Crippen molar-refractivity contribution < 1.29 is 19.1 Å². The van der Waals surface area contributed by atoms with E-state index in [1.807, 2.05) is 24.3 Å². The molecule has 6 nitrogen and oxygen atoms in total. The van der Waals surface area contributed by atoms with E-state index in [4.69, 9.17) is 9.47 Å². The Labute approximate surface area is 138 Å². The van der Waals surface area contributed by atoms with Gasteiger partial charge in [-0.25, -0.2) is 9.78 Å². The number of nitrogens with zero attached hydrogens (tertiary/aromatic N) is 1. The number of rotatable bonds is 3. The number of hydrogen-bond acceptors (Lipinski definition) is 6. The number of carbonyl (C=O) groups excluding carboxylic acids is 2. The fourth-order valence-electron chi connectivity index (χ4n) is 1.70. The van der Waals surface area contributed by atoms with Crippen LogP contribution in [0.25, 0.3) is 11.3 Å². The lowest BCUT2D eigenvalue weighted by atomic mass is 10.2. The van der Waals surface area contributed by atoms with Gasteiger partial charge in [0.2, 0.25) is 0 Å². The molecule has 0 saturated carbocycles. The van der Waals surface area contributed by atoms with Crippen molar-refractivity contribution in [1.82, 2.24) is 4.98 Å². The van der Waals surface area contributed by atoms with Crippen LogP contribution in [0.3, 0.4) is 0 Å². The second-order valence-electron chi connectivity index (χ2n) is 5.72. The number of hydrogen-bond donors (Lipinski definition) is 1. The molecule has 1 N–H and O–H groups in total. The molecule has 2 rings (SSSR count). The first-order chi connectivity index (χ1) is 10.8. The van der Waals surface area contributed by atoms with Crippen molar-refractivity contribution in [2.45, 2.75) is 26.4 Å². The Balaban J connectivity index is 2.04. The molecule has 122 valence electrons. The Hall–Kier alpha value is -2.41. The van der Waals surface area contributed by atoms with Gasteiger partial charge in [0.25, 0.3) is 0 Å². The van der Waals surface area contributed by atoms with Gasteiger partial charge in [-0.05, 0) is 45.0 Å². The minimum absolute atomic E-state index is 0.340. The zero-order valence-corrected chi connectivity index (χ0v) is 14.2. The van der Waals surface area contributed by atoms with Crippen LogP contribution in [-0.2, 0) is 14.3 Å². The maximum atomic E-state index is 11.8. The van der Waals surface area contributed by atoms with Gasteiger partial charge in [0.15, 0.2) is 5.13 Å². The molecular formula is C16H18N2O4S. The van der Waals surface area contributed by atoms with Gasteiger partial charge >= 0.3 is 11.9 Å². The van der Waals surface area contributed by atoms with Crippen molar-refractivity contribution >= 4 is 28.3 Å². The lowest BCUT2D eigenvalue weighted by Gasteiger charge is -2.18. The van der Waals surface area contributed by atoms with Crippen LogP contribution >= 0.6 is 11.3 Å². The zero-order chi connectivity index (χ0) is 17.0. The zero-order valence-electron chi connectivity index (χ0n) is 13.4. The molecular weight excluding hydrogens is 316 g/mol. The van der Waals surface area contributed by atoms with Gasteiger partial charge in [0, 0.05) is 10.9 Å². The van der Waals surface area contributed by atoms with Gasteiger partial charge in [0.1, 0.15) is 11.4 Å². The van der Waals surface area contributed by atoms with Gasteiger partial charge in [-0.15, -0.1) is 11.3 Å². The molecule has 1 heterocycles. The first-order valence-electron chi connectivity index (χ1n) is 6.93. The number of amides is 1. The summed E-state index contributed by atoms with van der Waals surface area (Å²) in [5.74, 6) is -1.02. The summed E-state index contributed by atoms with van der Waals surface area (Å²) in [7, 11) is 1.60. The summed E-state index contributed by atoms with van der Waals surface area (Å²) in [5.41, 5.74) is 0.878. The van der Waals surface area contributed by atoms with Crippen LogP contribution in [0.1, 0.15) is 20.8 Å². The maximum absolute atomic E-state index is 11.8. The third-order valence-electron chi connectivity index (χ3n) is 2.69. The summed E-state index contributed by atoms with van der Waals surface area (Å²) in [6.07, 6.45) is 0. The summed E-state index contributed by atoms with van der Waals surface area (Å²) in [6.45, 7) is 5.09. The molecule has 0 atom stereocenters. The van der Waals surface area contributed by atoms with Crippen molar-refractivity contribution in [2.24, 2.45) is 0 Å². The quantitative estimate of drug-likeness (QED) is 0.689. The van der Waals surface area contributed by atoms with E-state index in [-0.39, 0.29) is 0 Å². The highest BCUT2D eigenvalue weighted by molar-refractivity contribution is 7.14. The number of esters is 1. The van der Waals surface area contributed by atoms with Gasteiger partial charge in [-0.2, -0.15) is 0 Å². The number of aromatic nitrogens is 1. The first kappa shape index (κ1) is 17.0. The Morgan fingerprint density at radius 3 is 2.39 bits per heavy atom. The Bertz CT molecular complexity index is 702. The second kappa shape index (κ2) is 6.78. The highest BCUT2D eigenvalue weighted by Crippen LogP contribution is 2.26. The molecule has 0 aliphatic rings. The van der Waals surface area contributed by atoms with Crippen molar-refractivity contribution in [3.63, 3.8) is 0 Å². The van der Waals surface area contributed by atoms with E-state index in [1.165, 1.54) is 11.3 Å². The van der Waals surface area contributed by atoms with Crippen molar-refractivity contribution in [3.05, 3.63) is 29.6 Å². The van der Waals surface area contributed by atoms with Crippen LogP contribution in [0, 0.1) is 0 Å². The summed E-state index contributed by atoms with van der Waals surface area (Å²) in [6, 6.07) is 7.39. The second-order valence-corrected chi connectivity index (χ2v) is 6.58. The minimum atomic E-state index is -0.932. The molecule has 1 aromatic carbocycles. The Kier molecular flexibility index (Phi) is 5.00. The van der Waals surface area contributed by atoms with E-state index >= 15 is 0 Å². The molecule has 1 amide bonds. The number of nitrogens with one attached hydrogen (secondary N) is 1. The molecule has 0 aliphatic carbocycles. The number of anilines is 1.